The van der Waals surface area contributed by atoms with Crippen molar-refractivity contribution in [2.75, 3.05) is 0 Å². The minimum atomic E-state index is -1.85. The predicted octanol–water partition coefficient (Wildman–Crippen LogP) is 0.173. The summed E-state index contributed by atoms with van der Waals surface area (Å²) in [5.74, 6) is -2.85. The average molecular weight is 303 g/mol. The number of esters is 2. The number of amides is 2. The Kier molecular flexibility index (Phi) is 3.20. The van der Waals surface area contributed by atoms with Crippen LogP contribution < -0.4 is 0 Å². The second-order valence-electron chi connectivity index (χ2n) is 5.24. The van der Waals surface area contributed by atoms with Crippen molar-refractivity contribution >= 4 is 23.8 Å². The van der Waals surface area contributed by atoms with Crippen LogP contribution in [0.5, 0.6) is 0 Å². The summed E-state index contributed by atoms with van der Waals surface area (Å²) in [7, 11) is 0. The fourth-order valence-electron chi connectivity index (χ4n) is 2.79. The van der Waals surface area contributed by atoms with E-state index in [2.05, 4.69) is 0 Å². The molecular formula is C15H13NO6. The van der Waals surface area contributed by atoms with Gasteiger partial charge >= 0.3 is 11.9 Å². The largest absolute Gasteiger partial charge is 0.447 e. The maximum absolute atomic E-state index is 12.6. The number of hydrogen-bond donors (Lipinski definition) is 0. The van der Waals surface area contributed by atoms with Gasteiger partial charge in [0.1, 0.15) is 0 Å². The molecule has 1 aromatic rings. The normalized spacial score (nSPS) is 26.9. The van der Waals surface area contributed by atoms with E-state index in [1.807, 2.05) is 6.07 Å². The molecule has 7 heteroatoms. The van der Waals surface area contributed by atoms with Gasteiger partial charge < -0.3 is 9.47 Å². The molecule has 114 valence electrons. The lowest BCUT2D eigenvalue weighted by molar-refractivity contribution is -0.169. The molecule has 2 aliphatic rings. The molecule has 0 radical (unpaired) electrons. The molecule has 0 aromatic heterocycles. The van der Waals surface area contributed by atoms with E-state index in [4.69, 9.17) is 9.47 Å². The quantitative estimate of drug-likeness (QED) is 0.584. The van der Waals surface area contributed by atoms with Gasteiger partial charge in [0.15, 0.2) is 0 Å². The van der Waals surface area contributed by atoms with Crippen LogP contribution in [-0.2, 0) is 35.2 Å². The summed E-state index contributed by atoms with van der Waals surface area (Å²) >= 11 is 0. The summed E-state index contributed by atoms with van der Waals surface area (Å²) < 4.78 is 9.96. The van der Waals surface area contributed by atoms with Crippen molar-refractivity contribution in [1.82, 2.24) is 4.90 Å². The van der Waals surface area contributed by atoms with E-state index < -0.39 is 41.9 Å². The number of carbonyl (C=O) groups excluding carboxylic acids is 4. The number of hydrogen-bond acceptors (Lipinski definition) is 6. The first kappa shape index (κ1) is 14.2. The third-order valence-corrected chi connectivity index (χ3v) is 3.69. The van der Waals surface area contributed by atoms with Crippen LogP contribution >= 0.6 is 0 Å². The van der Waals surface area contributed by atoms with E-state index in [0.29, 0.717) is 0 Å². The van der Waals surface area contributed by atoms with Crippen LogP contribution in [-0.4, -0.2) is 40.4 Å². The summed E-state index contributed by atoms with van der Waals surface area (Å²) in [6, 6.07) is 8.90. The summed E-state index contributed by atoms with van der Waals surface area (Å²) in [4.78, 5) is 48.7. The third kappa shape index (κ3) is 2.05. The number of imide groups is 1. The van der Waals surface area contributed by atoms with E-state index in [9.17, 15) is 19.2 Å². The molecule has 2 amide bonds. The molecule has 0 aliphatic carbocycles. The fourth-order valence-corrected chi connectivity index (χ4v) is 2.79. The van der Waals surface area contributed by atoms with Crippen molar-refractivity contribution < 1.29 is 28.7 Å². The highest BCUT2D eigenvalue weighted by Crippen LogP contribution is 2.40. The highest BCUT2D eigenvalue weighted by atomic mass is 16.6. The van der Waals surface area contributed by atoms with Gasteiger partial charge in [-0.05, 0) is 5.56 Å². The highest BCUT2D eigenvalue weighted by Gasteiger charge is 2.69. The molecule has 3 rings (SSSR count). The first-order valence-electron chi connectivity index (χ1n) is 6.73. The SMILES string of the molecule is CC(=O)O[C@]12CC(=O)O[C@@H]1C(=O)N(Cc1ccccc1)C2=O. The predicted molar refractivity (Wildman–Crippen MR) is 71.0 cm³/mol. The Bertz CT molecular complexity index is 670. The summed E-state index contributed by atoms with van der Waals surface area (Å²) in [5.41, 5.74) is -1.11. The second kappa shape index (κ2) is 4.94. The highest BCUT2D eigenvalue weighted by molar-refractivity contribution is 6.14. The molecular weight excluding hydrogens is 290 g/mol. The number of carbonyl (C=O) groups is 4. The van der Waals surface area contributed by atoms with E-state index in [1.54, 1.807) is 24.3 Å². The number of likely N-dealkylation sites (tertiary alicyclic amines) is 1. The number of fused-ring (bicyclic) bond motifs is 1. The first-order valence-corrected chi connectivity index (χ1v) is 6.73. The summed E-state index contributed by atoms with van der Waals surface area (Å²) in [6.45, 7) is 1.15. The molecule has 2 atom stereocenters. The van der Waals surface area contributed by atoms with Crippen LogP contribution in [0.25, 0.3) is 0 Å². The Hall–Kier alpha value is -2.70. The average Bonchev–Trinajstić information content (AvgIpc) is 2.88. The van der Waals surface area contributed by atoms with Gasteiger partial charge in [0.2, 0.25) is 11.7 Å². The van der Waals surface area contributed by atoms with Gasteiger partial charge in [-0.3, -0.25) is 24.1 Å². The van der Waals surface area contributed by atoms with Crippen molar-refractivity contribution in [2.24, 2.45) is 0 Å². The lowest BCUT2D eigenvalue weighted by Crippen LogP contribution is -2.46. The molecule has 0 bridgehead atoms. The van der Waals surface area contributed by atoms with Crippen LogP contribution in [0.15, 0.2) is 30.3 Å². The van der Waals surface area contributed by atoms with Crippen molar-refractivity contribution in [3.63, 3.8) is 0 Å². The molecule has 0 saturated carbocycles. The van der Waals surface area contributed by atoms with E-state index >= 15 is 0 Å². The molecule has 1 aromatic carbocycles. The Morgan fingerprint density at radius 3 is 2.64 bits per heavy atom. The second-order valence-corrected chi connectivity index (χ2v) is 5.24. The first-order chi connectivity index (χ1) is 10.4. The lowest BCUT2D eigenvalue weighted by atomic mass is 9.97. The molecule has 0 spiro atoms. The molecule has 0 N–H and O–H groups in total. The Balaban J connectivity index is 1.93. The molecule has 2 heterocycles. The van der Waals surface area contributed by atoms with Gasteiger partial charge in [-0.15, -0.1) is 0 Å². The van der Waals surface area contributed by atoms with Gasteiger partial charge in [0.25, 0.3) is 11.8 Å². The molecule has 22 heavy (non-hydrogen) atoms. The molecule has 7 nitrogen and oxygen atoms in total. The van der Waals surface area contributed by atoms with Crippen molar-refractivity contribution in [3.05, 3.63) is 35.9 Å². The zero-order chi connectivity index (χ0) is 15.9. The third-order valence-electron chi connectivity index (χ3n) is 3.69. The van der Waals surface area contributed by atoms with Gasteiger partial charge in [0.05, 0.1) is 13.0 Å². The van der Waals surface area contributed by atoms with Crippen molar-refractivity contribution in [3.8, 4) is 0 Å². The lowest BCUT2D eigenvalue weighted by Gasteiger charge is -2.22. The molecule has 0 unspecified atom stereocenters. The minimum absolute atomic E-state index is 0.0373. The van der Waals surface area contributed by atoms with Gasteiger partial charge in [-0.1, -0.05) is 30.3 Å². The number of ether oxygens (including phenoxy) is 2. The maximum Gasteiger partial charge on any atom is 0.311 e. The zero-order valence-electron chi connectivity index (χ0n) is 11.8. The van der Waals surface area contributed by atoms with Crippen LogP contribution in [0.2, 0.25) is 0 Å². The van der Waals surface area contributed by atoms with Gasteiger partial charge in [0, 0.05) is 6.92 Å². The molecule has 2 aliphatic heterocycles. The van der Waals surface area contributed by atoms with E-state index in [0.717, 1.165) is 17.4 Å². The minimum Gasteiger partial charge on any atom is -0.447 e. The summed E-state index contributed by atoms with van der Waals surface area (Å²) in [5, 5.41) is 0. The van der Waals surface area contributed by atoms with E-state index in [-0.39, 0.29) is 6.54 Å². The smallest absolute Gasteiger partial charge is 0.311 e. The fraction of sp³-hybridized carbons (Fsp3) is 0.333. The van der Waals surface area contributed by atoms with Crippen molar-refractivity contribution in [1.29, 1.82) is 0 Å². The summed E-state index contributed by atoms with van der Waals surface area (Å²) in [6.07, 6.45) is -1.83. The van der Waals surface area contributed by atoms with Crippen LogP contribution in [0.4, 0.5) is 0 Å². The monoisotopic (exact) mass is 303 g/mol. The number of rotatable bonds is 3. The van der Waals surface area contributed by atoms with E-state index in [1.165, 1.54) is 0 Å². The number of nitrogens with zero attached hydrogens (tertiary/aromatic N) is 1. The Labute approximate surface area is 125 Å². The van der Waals surface area contributed by atoms with Crippen LogP contribution in [0.3, 0.4) is 0 Å². The van der Waals surface area contributed by atoms with Crippen LogP contribution in [0.1, 0.15) is 18.9 Å². The maximum atomic E-state index is 12.6. The Morgan fingerprint density at radius 1 is 1.32 bits per heavy atom. The zero-order valence-corrected chi connectivity index (χ0v) is 11.8. The number of benzene rings is 1. The topological polar surface area (TPSA) is 90.0 Å². The van der Waals surface area contributed by atoms with Crippen LogP contribution in [0, 0.1) is 0 Å². The van der Waals surface area contributed by atoms with Gasteiger partial charge in [-0.25, -0.2) is 0 Å². The van der Waals surface area contributed by atoms with Gasteiger partial charge in [-0.2, -0.15) is 0 Å². The molecule has 2 fully saturated rings. The Morgan fingerprint density at radius 2 is 2.00 bits per heavy atom. The molecule has 2 saturated heterocycles. The standard InChI is InChI=1S/C15H13NO6/c1-9(17)22-15-7-11(18)21-12(15)13(19)16(14(15)20)8-10-5-3-2-4-6-10/h2-6,12H,7-8H2,1H3/t12-,15-/m1/s1. The van der Waals surface area contributed by atoms with Crippen molar-refractivity contribution in [2.45, 2.75) is 31.6 Å².